The van der Waals surface area contributed by atoms with Crippen molar-refractivity contribution in [1.82, 2.24) is 0 Å². The zero-order chi connectivity index (χ0) is 22.6. The van der Waals surface area contributed by atoms with Gasteiger partial charge in [0.1, 0.15) is 5.75 Å². The van der Waals surface area contributed by atoms with Crippen LogP contribution in [0.25, 0.3) is 0 Å². The van der Waals surface area contributed by atoms with Crippen LogP contribution in [-0.4, -0.2) is 18.5 Å². The summed E-state index contributed by atoms with van der Waals surface area (Å²) in [6, 6.07) is 7.27. The molecule has 31 heavy (non-hydrogen) atoms. The van der Waals surface area contributed by atoms with Gasteiger partial charge in [-0.2, -0.15) is 0 Å². The Bertz CT molecular complexity index is 586. The fourth-order valence-electron chi connectivity index (χ4n) is 3.43. The number of hydrogen-bond acceptors (Lipinski definition) is 4. The maximum absolute atomic E-state index is 11.8. The summed E-state index contributed by atoms with van der Waals surface area (Å²) in [7, 11) is 0. The van der Waals surface area contributed by atoms with Crippen LogP contribution in [0.3, 0.4) is 0 Å². The van der Waals surface area contributed by atoms with E-state index in [1.54, 1.807) is 12.1 Å². The standard InChI is InChI=1S/C26H41BrO4/c1-2-3-4-5-6-9-12-15-22-30-25(28)16-13-10-7-8-11-14-17-26(29)31-24-20-18-23(27)19-21-24/h18-21H,2-17,22H2,1H3. The van der Waals surface area contributed by atoms with E-state index in [9.17, 15) is 9.59 Å². The fraction of sp³-hybridized carbons (Fsp3) is 0.692. The number of hydrogen-bond donors (Lipinski definition) is 0. The molecule has 1 aromatic rings. The molecule has 0 heterocycles. The Balaban J connectivity index is 1.84. The topological polar surface area (TPSA) is 52.6 Å². The summed E-state index contributed by atoms with van der Waals surface area (Å²) < 4.78 is 11.6. The number of carbonyl (C=O) groups excluding carboxylic acids is 2. The second-order valence-corrected chi connectivity index (χ2v) is 9.16. The summed E-state index contributed by atoms with van der Waals surface area (Å²) in [5.41, 5.74) is 0. The molecule has 0 radical (unpaired) electrons. The van der Waals surface area contributed by atoms with Crippen LogP contribution in [0.4, 0.5) is 0 Å². The van der Waals surface area contributed by atoms with Crippen molar-refractivity contribution in [3.05, 3.63) is 28.7 Å². The zero-order valence-electron chi connectivity index (χ0n) is 19.3. The monoisotopic (exact) mass is 496 g/mol. The van der Waals surface area contributed by atoms with Crippen molar-refractivity contribution in [2.45, 2.75) is 110 Å². The summed E-state index contributed by atoms with van der Waals surface area (Å²) in [6.45, 7) is 2.81. The Morgan fingerprint density at radius 1 is 0.677 bits per heavy atom. The van der Waals surface area contributed by atoms with Gasteiger partial charge in [0.05, 0.1) is 6.61 Å². The second kappa shape index (κ2) is 19.3. The predicted molar refractivity (Wildman–Crippen MR) is 130 cm³/mol. The lowest BCUT2D eigenvalue weighted by Crippen LogP contribution is -2.07. The molecule has 0 aromatic heterocycles. The predicted octanol–water partition coefficient (Wildman–Crippen LogP) is 8.16. The molecule has 0 saturated carbocycles. The van der Waals surface area contributed by atoms with Crippen molar-refractivity contribution in [3.63, 3.8) is 0 Å². The summed E-state index contributed by atoms with van der Waals surface area (Å²) >= 11 is 3.36. The lowest BCUT2D eigenvalue weighted by atomic mass is 10.1. The van der Waals surface area contributed by atoms with E-state index < -0.39 is 0 Å². The van der Waals surface area contributed by atoms with Crippen molar-refractivity contribution in [2.75, 3.05) is 6.61 Å². The average molecular weight is 498 g/mol. The second-order valence-electron chi connectivity index (χ2n) is 8.24. The fourth-order valence-corrected chi connectivity index (χ4v) is 3.69. The van der Waals surface area contributed by atoms with Gasteiger partial charge in [0, 0.05) is 17.3 Å². The number of unbranched alkanes of at least 4 members (excludes halogenated alkanes) is 12. The number of rotatable bonds is 19. The maximum Gasteiger partial charge on any atom is 0.311 e. The normalized spacial score (nSPS) is 10.8. The van der Waals surface area contributed by atoms with E-state index in [4.69, 9.17) is 9.47 Å². The van der Waals surface area contributed by atoms with Crippen LogP contribution in [0, 0.1) is 0 Å². The number of ether oxygens (including phenoxy) is 2. The third-order valence-electron chi connectivity index (χ3n) is 5.32. The molecule has 0 aliphatic rings. The number of esters is 2. The Kier molecular flexibility index (Phi) is 17.3. The van der Waals surface area contributed by atoms with Crippen LogP contribution in [0.15, 0.2) is 28.7 Å². The van der Waals surface area contributed by atoms with Gasteiger partial charge in [-0.15, -0.1) is 0 Å². The maximum atomic E-state index is 11.8. The number of carbonyl (C=O) groups is 2. The van der Waals surface area contributed by atoms with Crippen LogP contribution in [0.2, 0.25) is 0 Å². The minimum Gasteiger partial charge on any atom is -0.466 e. The van der Waals surface area contributed by atoms with E-state index in [0.717, 1.165) is 55.8 Å². The largest absolute Gasteiger partial charge is 0.466 e. The van der Waals surface area contributed by atoms with Crippen molar-refractivity contribution in [1.29, 1.82) is 0 Å². The molecule has 0 aliphatic carbocycles. The molecule has 0 unspecified atom stereocenters. The molecule has 0 fully saturated rings. The van der Waals surface area contributed by atoms with Gasteiger partial charge >= 0.3 is 11.9 Å². The summed E-state index contributed by atoms with van der Waals surface area (Å²) in [5.74, 6) is 0.350. The van der Waals surface area contributed by atoms with Crippen LogP contribution < -0.4 is 4.74 Å². The lowest BCUT2D eigenvalue weighted by Gasteiger charge is -2.06. The third kappa shape index (κ3) is 16.9. The first-order chi connectivity index (χ1) is 15.1. The first kappa shape index (κ1) is 27.7. The zero-order valence-corrected chi connectivity index (χ0v) is 20.9. The molecule has 0 bridgehead atoms. The molecule has 0 amide bonds. The highest BCUT2D eigenvalue weighted by Crippen LogP contribution is 2.17. The molecular formula is C26H41BrO4. The van der Waals surface area contributed by atoms with Gasteiger partial charge in [0.25, 0.3) is 0 Å². The molecular weight excluding hydrogens is 456 g/mol. The van der Waals surface area contributed by atoms with Crippen LogP contribution in [0.5, 0.6) is 5.75 Å². The Hall–Kier alpha value is -1.36. The van der Waals surface area contributed by atoms with Crippen molar-refractivity contribution in [3.8, 4) is 5.75 Å². The third-order valence-corrected chi connectivity index (χ3v) is 5.85. The van der Waals surface area contributed by atoms with Crippen molar-refractivity contribution >= 4 is 27.9 Å². The molecule has 1 aromatic carbocycles. The lowest BCUT2D eigenvalue weighted by molar-refractivity contribution is -0.144. The summed E-state index contributed by atoms with van der Waals surface area (Å²) in [5, 5.41) is 0. The van der Waals surface area contributed by atoms with Gasteiger partial charge in [-0.3, -0.25) is 9.59 Å². The Morgan fingerprint density at radius 3 is 1.74 bits per heavy atom. The SMILES string of the molecule is CCCCCCCCCCOC(=O)CCCCCCCCC(=O)Oc1ccc(Br)cc1. The highest BCUT2D eigenvalue weighted by molar-refractivity contribution is 9.10. The van der Waals surface area contributed by atoms with Gasteiger partial charge in [-0.05, 0) is 43.5 Å². The summed E-state index contributed by atoms with van der Waals surface area (Å²) in [6.07, 6.45) is 17.0. The van der Waals surface area contributed by atoms with Gasteiger partial charge in [0.2, 0.25) is 0 Å². The highest BCUT2D eigenvalue weighted by Gasteiger charge is 2.05. The Morgan fingerprint density at radius 2 is 1.16 bits per heavy atom. The van der Waals surface area contributed by atoms with Gasteiger partial charge < -0.3 is 9.47 Å². The van der Waals surface area contributed by atoms with E-state index in [1.165, 1.54) is 38.5 Å². The average Bonchev–Trinajstić information content (AvgIpc) is 2.76. The molecule has 0 saturated heterocycles. The van der Waals surface area contributed by atoms with Gasteiger partial charge in [0.15, 0.2) is 0 Å². The molecule has 0 N–H and O–H groups in total. The van der Waals surface area contributed by atoms with Crippen LogP contribution in [-0.2, 0) is 14.3 Å². The van der Waals surface area contributed by atoms with Gasteiger partial charge in [-0.25, -0.2) is 0 Å². The minimum atomic E-state index is -0.179. The van der Waals surface area contributed by atoms with Crippen LogP contribution in [0.1, 0.15) is 110 Å². The van der Waals surface area contributed by atoms with E-state index >= 15 is 0 Å². The molecule has 1 rings (SSSR count). The molecule has 0 atom stereocenters. The van der Waals surface area contributed by atoms with E-state index in [0.29, 0.717) is 25.2 Å². The number of benzene rings is 1. The van der Waals surface area contributed by atoms with E-state index in [2.05, 4.69) is 22.9 Å². The molecule has 0 aliphatic heterocycles. The quantitative estimate of drug-likeness (QED) is 0.110. The smallest absolute Gasteiger partial charge is 0.311 e. The molecule has 5 heteroatoms. The van der Waals surface area contributed by atoms with Crippen molar-refractivity contribution in [2.24, 2.45) is 0 Å². The highest BCUT2D eigenvalue weighted by atomic mass is 79.9. The Labute approximate surface area is 197 Å². The van der Waals surface area contributed by atoms with E-state index in [-0.39, 0.29) is 11.9 Å². The van der Waals surface area contributed by atoms with E-state index in [1.807, 2.05) is 12.1 Å². The van der Waals surface area contributed by atoms with Crippen molar-refractivity contribution < 1.29 is 19.1 Å². The minimum absolute atomic E-state index is 0.0568. The first-order valence-corrected chi connectivity index (χ1v) is 13.0. The molecule has 4 nitrogen and oxygen atoms in total. The molecule has 0 spiro atoms. The van der Waals surface area contributed by atoms with Gasteiger partial charge in [-0.1, -0.05) is 93.5 Å². The molecule has 176 valence electrons. The van der Waals surface area contributed by atoms with Crippen LogP contribution >= 0.6 is 15.9 Å². The number of halogens is 1. The summed E-state index contributed by atoms with van der Waals surface area (Å²) in [4.78, 5) is 23.6. The first-order valence-electron chi connectivity index (χ1n) is 12.2.